The highest BCUT2D eigenvalue weighted by atomic mass is 35.5. The first kappa shape index (κ1) is 21.0. The van der Waals surface area contributed by atoms with Crippen molar-refractivity contribution < 1.29 is 4.79 Å². The van der Waals surface area contributed by atoms with Crippen LogP contribution in [-0.2, 0) is 0 Å². The minimum absolute atomic E-state index is 0. The number of fused-ring (bicyclic) bond motifs is 1. The zero-order chi connectivity index (χ0) is 17.2. The number of hydrogen-bond donors (Lipinski definition) is 2. The van der Waals surface area contributed by atoms with Crippen molar-refractivity contribution in [2.24, 2.45) is 0 Å². The highest BCUT2D eigenvalue weighted by Gasteiger charge is 2.23. The van der Waals surface area contributed by atoms with Crippen molar-refractivity contribution >= 4 is 47.3 Å². The van der Waals surface area contributed by atoms with Crippen molar-refractivity contribution in [1.82, 2.24) is 30.3 Å². The first-order valence-corrected chi connectivity index (χ1v) is 8.36. The molecule has 0 aromatic carbocycles. The van der Waals surface area contributed by atoms with Crippen LogP contribution in [0.4, 0.5) is 5.69 Å². The Kier molecular flexibility index (Phi) is 7.06. The fraction of sp³-hybridized carbons (Fsp3) is 0.353. The van der Waals surface area contributed by atoms with Crippen LogP contribution in [0.1, 0.15) is 35.1 Å². The summed E-state index contributed by atoms with van der Waals surface area (Å²) in [7, 11) is 0. The summed E-state index contributed by atoms with van der Waals surface area (Å²) in [6.07, 6.45) is 7.01. The first-order chi connectivity index (χ1) is 12.2. The molecule has 0 bridgehead atoms. The third-order valence-corrected chi connectivity index (χ3v) is 4.59. The summed E-state index contributed by atoms with van der Waals surface area (Å²) in [6.45, 7) is 3.81. The Labute approximate surface area is 169 Å². The number of carbonyl (C=O) groups is 1. The Morgan fingerprint density at radius 2 is 2.00 bits per heavy atom. The number of carbonyl (C=O) groups excluding carboxylic acids is 1. The molecule has 2 N–H and O–H groups in total. The molecule has 3 aromatic rings. The zero-order valence-corrected chi connectivity index (χ0v) is 16.4. The molecule has 4 heterocycles. The second kappa shape index (κ2) is 9.07. The van der Waals surface area contributed by atoms with Crippen molar-refractivity contribution in [3.63, 3.8) is 0 Å². The molecule has 0 aliphatic carbocycles. The predicted octanol–water partition coefficient (Wildman–Crippen LogP) is 2.55. The van der Waals surface area contributed by atoms with E-state index in [0.29, 0.717) is 17.4 Å². The Hall–Kier alpha value is -2.29. The number of hydrogen-bond acceptors (Lipinski definition) is 6. The first-order valence-electron chi connectivity index (χ1n) is 8.36. The highest BCUT2D eigenvalue weighted by Crippen LogP contribution is 2.23. The third kappa shape index (κ3) is 4.18. The molecule has 0 radical (unpaired) electrons. The van der Waals surface area contributed by atoms with Crippen LogP contribution in [0.2, 0.25) is 0 Å². The summed E-state index contributed by atoms with van der Waals surface area (Å²) in [5.41, 5.74) is 2.59. The van der Waals surface area contributed by atoms with E-state index in [-0.39, 0.29) is 30.7 Å². The predicted molar refractivity (Wildman–Crippen MR) is 108 cm³/mol. The van der Waals surface area contributed by atoms with Crippen molar-refractivity contribution in [3.05, 3.63) is 42.1 Å². The molecule has 4 rings (SSSR count). The molecule has 0 unspecified atom stereocenters. The standard InChI is InChI=1S/C17H19N7O.2ClH/c1-11-16(22-23-24(11)12-2-6-18-7-3-12)17(25)21-15-5-9-20-14-4-8-19-10-13(14)15;;/h4-5,8-10,12,18H,2-3,6-7H2,1H3,(H,20,21,25);2*1H. The summed E-state index contributed by atoms with van der Waals surface area (Å²) in [5.74, 6) is -0.269. The number of nitrogens with zero attached hydrogens (tertiary/aromatic N) is 5. The van der Waals surface area contributed by atoms with E-state index in [1.165, 1.54) is 0 Å². The van der Waals surface area contributed by atoms with Crippen LogP contribution in [0, 0.1) is 6.92 Å². The molecule has 0 saturated carbocycles. The lowest BCUT2D eigenvalue weighted by atomic mass is 10.1. The van der Waals surface area contributed by atoms with Crippen LogP contribution < -0.4 is 10.6 Å². The van der Waals surface area contributed by atoms with E-state index in [1.807, 2.05) is 17.7 Å². The third-order valence-electron chi connectivity index (χ3n) is 4.59. The molecule has 1 aliphatic heterocycles. The Bertz CT molecular complexity index is 919. The Morgan fingerprint density at radius 3 is 2.78 bits per heavy atom. The lowest BCUT2D eigenvalue weighted by Gasteiger charge is -2.23. The largest absolute Gasteiger partial charge is 0.320 e. The molecule has 10 heteroatoms. The molecule has 3 aromatic heterocycles. The average Bonchev–Trinajstić information content (AvgIpc) is 3.04. The molecule has 0 atom stereocenters. The fourth-order valence-corrected chi connectivity index (χ4v) is 3.23. The number of nitrogens with one attached hydrogen (secondary N) is 2. The van der Waals surface area contributed by atoms with Crippen molar-refractivity contribution in [2.45, 2.75) is 25.8 Å². The topological polar surface area (TPSA) is 97.6 Å². The summed E-state index contributed by atoms with van der Waals surface area (Å²) >= 11 is 0. The van der Waals surface area contributed by atoms with Gasteiger partial charge in [-0.3, -0.25) is 14.8 Å². The number of piperidine rings is 1. The van der Waals surface area contributed by atoms with Crippen molar-refractivity contribution in [1.29, 1.82) is 0 Å². The molecule has 1 saturated heterocycles. The molecule has 1 amide bonds. The molecular formula is C17H21Cl2N7O. The van der Waals surface area contributed by atoms with Gasteiger partial charge in [-0.1, -0.05) is 5.21 Å². The van der Waals surface area contributed by atoms with Gasteiger partial charge in [0, 0.05) is 24.0 Å². The maximum absolute atomic E-state index is 12.7. The zero-order valence-electron chi connectivity index (χ0n) is 14.8. The summed E-state index contributed by atoms with van der Waals surface area (Å²) in [6, 6.07) is 3.86. The number of anilines is 1. The number of rotatable bonds is 3. The lowest BCUT2D eigenvalue weighted by Crippen LogP contribution is -2.30. The normalized spacial score (nSPS) is 14.3. The highest BCUT2D eigenvalue weighted by molar-refractivity contribution is 6.07. The van der Waals surface area contributed by atoms with Gasteiger partial charge in [-0.05, 0) is 45.0 Å². The quantitative estimate of drug-likeness (QED) is 0.689. The van der Waals surface area contributed by atoms with Gasteiger partial charge < -0.3 is 10.6 Å². The van der Waals surface area contributed by atoms with Crippen LogP contribution in [-0.4, -0.2) is 44.0 Å². The summed E-state index contributed by atoms with van der Waals surface area (Å²) < 4.78 is 1.88. The van der Waals surface area contributed by atoms with E-state index >= 15 is 0 Å². The maximum atomic E-state index is 12.7. The molecule has 144 valence electrons. The molecule has 1 fully saturated rings. The van der Waals surface area contributed by atoms with Gasteiger partial charge in [0.05, 0.1) is 22.9 Å². The molecule has 27 heavy (non-hydrogen) atoms. The molecule has 0 spiro atoms. The van der Waals surface area contributed by atoms with Crippen molar-refractivity contribution in [2.75, 3.05) is 18.4 Å². The number of halogens is 2. The van der Waals surface area contributed by atoms with Gasteiger partial charge in [0.1, 0.15) is 0 Å². The maximum Gasteiger partial charge on any atom is 0.278 e. The molecule has 1 aliphatic rings. The van der Waals surface area contributed by atoms with Crippen LogP contribution >= 0.6 is 24.8 Å². The van der Waals surface area contributed by atoms with E-state index in [0.717, 1.165) is 42.5 Å². The van der Waals surface area contributed by atoms with E-state index < -0.39 is 0 Å². The molecule has 8 nitrogen and oxygen atoms in total. The fourth-order valence-electron chi connectivity index (χ4n) is 3.23. The smallest absolute Gasteiger partial charge is 0.278 e. The van der Waals surface area contributed by atoms with E-state index in [4.69, 9.17) is 0 Å². The number of aromatic nitrogens is 5. The molecular weight excluding hydrogens is 389 g/mol. The second-order valence-electron chi connectivity index (χ2n) is 6.15. The van der Waals surface area contributed by atoms with Gasteiger partial charge in [0.25, 0.3) is 5.91 Å². The monoisotopic (exact) mass is 409 g/mol. The van der Waals surface area contributed by atoms with Crippen LogP contribution in [0.15, 0.2) is 30.7 Å². The number of pyridine rings is 2. The average molecular weight is 410 g/mol. The van der Waals surface area contributed by atoms with Gasteiger partial charge in [0.2, 0.25) is 0 Å². The van der Waals surface area contributed by atoms with E-state index in [2.05, 4.69) is 30.9 Å². The van der Waals surface area contributed by atoms with Gasteiger partial charge in [-0.15, -0.1) is 29.9 Å². The van der Waals surface area contributed by atoms with Gasteiger partial charge >= 0.3 is 0 Å². The van der Waals surface area contributed by atoms with Crippen LogP contribution in [0.3, 0.4) is 0 Å². The minimum atomic E-state index is -0.269. The van der Waals surface area contributed by atoms with Crippen LogP contribution in [0.25, 0.3) is 10.9 Å². The van der Waals surface area contributed by atoms with Gasteiger partial charge in [0.15, 0.2) is 5.69 Å². The number of amides is 1. The lowest BCUT2D eigenvalue weighted by molar-refractivity contribution is 0.102. The van der Waals surface area contributed by atoms with E-state index in [1.54, 1.807) is 24.7 Å². The SMILES string of the molecule is Cc1c(C(=O)Nc2ccnc3ccncc23)nnn1C1CCNCC1.Cl.Cl. The Morgan fingerprint density at radius 1 is 1.22 bits per heavy atom. The van der Waals surface area contributed by atoms with Crippen LogP contribution in [0.5, 0.6) is 0 Å². The minimum Gasteiger partial charge on any atom is -0.320 e. The second-order valence-corrected chi connectivity index (χ2v) is 6.15. The van der Waals surface area contributed by atoms with Crippen molar-refractivity contribution in [3.8, 4) is 0 Å². The van der Waals surface area contributed by atoms with Gasteiger partial charge in [-0.25, -0.2) is 4.68 Å². The Balaban J connectivity index is 0.00000131. The summed E-state index contributed by atoms with van der Waals surface area (Å²) in [4.78, 5) is 21.1. The van der Waals surface area contributed by atoms with E-state index in [9.17, 15) is 4.79 Å². The summed E-state index contributed by atoms with van der Waals surface area (Å²) in [5, 5.41) is 15.4. The van der Waals surface area contributed by atoms with Gasteiger partial charge in [-0.2, -0.15) is 0 Å².